The molecule has 32 heavy (non-hydrogen) atoms. The Hall–Kier alpha value is -2.43. The van der Waals surface area contributed by atoms with Gasteiger partial charge in [-0.3, -0.25) is 4.79 Å². The summed E-state index contributed by atoms with van der Waals surface area (Å²) < 4.78 is 68.6. The lowest BCUT2D eigenvalue weighted by Crippen LogP contribution is -2.31. The normalized spacial score (nSPS) is 16.6. The molecule has 0 atom stereocenters. The van der Waals surface area contributed by atoms with Crippen LogP contribution in [0.2, 0.25) is 0 Å². The van der Waals surface area contributed by atoms with Crippen molar-refractivity contribution in [2.75, 3.05) is 29.6 Å². The summed E-state index contributed by atoms with van der Waals surface area (Å²) >= 11 is 1.34. The number of thioether (sulfide) groups is 1. The molecular weight excluding hydrogens is 451 g/mol. The van der Waals surface area contributed by atoms with Crippen molar-refractivity contribution < 1.29 is 26.7 Å². The van der Waals surface area contributed by atoms with E-state index >= 15 is 0 Å². The van der Waals surface area contributed by atoms with Crippen LogP contribution in [0, 0.1) is 13.8 Å². The largest absolute Gasteiger partial charge is 0.433 e. The maximum Gasteiger partial charge on any atom is 0.433 e. The third-order valence-electron chi connectivity index (χ3n) is 5.32. The number of alkyl halides is 5. The third kappa shape index (κ3) is 5.31. The van der Waals surface area contributed by atoms with Crippen LogP contribution in [-0.2, 0) is 6.18 Å². The van der Waals surface area contributed by atoms with Gasteiger partial charge in [0.25, 0.3) is 5.91 Å². The van der Waals surface area contributed by atoms with E-state index in [-0.39, 0.29) is 48.4 Å². The van der Waals surface area contributed by atoms with E-state index in [4.69, 9.17) is 0 Å². The molecule has 0 spiro atoms. The number of carbonyl (C=O) groups excluding carboxylic acids is 1. The molecule has 0 saturated carbocycles. The Morgan fingerprint density at radius 1 is 1.22 bits per heavy atom. The van der Waals surface area contributed by atoms with Crippen molar-refractivity contribution in [2.24, 2.45) is 0 Å². The van der Waals surface area contributed by atoms with Crippen LogP contribution in [0.1, 0.15) is 46.6 Å². The first-order valence-corrected chi connectivity index (χ1v) is 11.2. The smallest absolute Gasteiger partial charge is 0.369 e. The first-order valence-electron chi connectivity index (χ1n) is 9.95. The van der Waals surface area contributed by atoms with E-state index in [0.717, 1.165) is 0 Å². The molecule has 0 aromatic carbocycles. The van der Waals surface area contributed by atoms with Gasteiger partial charge in [0.05, 0.1) is 22.0 Å². The number of nitrogens with one attached hydrogen (secondary N) is 1. The van der Waals surface area contributed by atoms with Gasteiger partial charge >= 0.3 is 6.18 Å². The summed E-state index contributed by atoms with van der Waals surface area (Å²) in [5.41, 5.74) is -1.22. The van der Waals surface area contributed by atoms with Gasteiger partial charge < -0.3 is 10.2 Å². The number of aryl methyl sites for hydroxylation is 1. The number of hydrogen-bond donors (Lipinski definition) is 1. The molecule has 1 aliphatic rings. The molecule has 1 N–H and O–H groups in total. The Morgan fingerprint density at radius 3 is 2.59 bits per heavy atom. The van der Waals surface area contributed by atoms with E-state index < -0.39 is 30.1 Å². The van der Waals surface area contributed by atoms with Crippen molar-refractivity contribution in [3.63, 3.8) is 0 Å². The Kier molecular flexibility index (Phi) is 6.97. The molecule has 2 aromatic rings. The van der Waals surface area contributed by atoms with Crippen molar-refractivity contribution >= 4 is 29.0 Å². The summed E-state index contributed by atoms with van der Waals surface area (Å²) in [4.78, 5) is 22.6. The van der Waals surface area contributed by atoms with Crippen LogP contribution in [0.15, 0.2) is 23.4 Å². The van der Waals surface area contributed by atoms with Gasteiger partial charge in [-0.2, -0.15) is 13.2 Å². The van der Waals surface area contributed by atoms with Gasteiger partial charge in [-0.05, 0) is 44.2 Å². The second-order valence-corrected chi connectivity index (χ2v) is 8.46. The molecule has 2 aromatic heterocycles. The van der Waals surface area contributed by atoms with Gasteiger partial charge in [0, 0.05) is 37.8 Å². The molecule has 1 aliphatic heterocycles. The van der Waals surface area contributed by atoms with Crippen LogP contribution < -0.4 is 10.2 Å². The fourth-order valence-electron chi connectivity index (χ4n) is 3.80. The Balaban J connectivity index is 2.10. The number of rotatable bonds is 4. The van der Waals surface area contributed by atoms with Crippen LogP contribution in [0.3, 0.4) is 0 Å². The maximum absolute atomic E-state index is 13.9. The Bertz CT molecular complexity index is 1010. The van der Waals surface area contributed by atoms with Gasteiger partial charge in [0.2, 0.25) is 5.92 Å². The molecule has 3 heterocycles. The number of pyridine rings is 2. The monoisotopic (exact) mass is 474 g/mol. The summed E-state index contributed by atoms with van der Waals surface area (Å²) in [6.07, 6.45) is -2.11. The molecular formula is C21H23F5N4OS. The summed E-state index contributed by atoms with van der Waals surface area (Å²) in [6, 6.07) is 3.13. The molecule has 1 amide bonds. The number of aromatic nitrogens is 2. The van der Waals surface area contributed by atoms with Gasteiger partial charge in [0.15, 0.2) is 0 Å². The van der Waals surface area contributed by atoms with Gasteiger partial charge in [-0.25, -0.2) is 18.7 Å². The zero-order valence-corrected chi connectivity index (χ0v) is 18.6. The fourth-order valence-corrected chi connectivity index (χ4v) is 4.21. The number of anilines is 2. The summed E-state index contributed by atoms with van der Waals surface area (Å²) in [5.74, 6) is -3.62. The van der Waals surface area contributed by atoms with Gasteiger partial charge in [-0.15, -0.1) is 11.8 Å². The zero-order valence-electron chi connectivity index (χ0n) is 17.8. The molecule has 0 bridgehead atoms. The number of carbonyl (C=O) groups is 1. The van der Waals surface area contributed by atoms with E-state index in [2.05, 4.69) is 15.3 Å². The number of nitrogens with zero attached hydrogens (tertiary/aromatic N) is 3. The lowest BCUT2D eigenvalue weighted by molar-refractivity contribution is -0.141. The van der Waals surface area contributed by atoms with Crippen molar-refractivity contribution in [3.05, 3.63) is 40.8 Å². The highest BCUT2D eigenvalue weighted by Gasteiger charge is 2.39. The number of amides is 1. The third-order valence-corrected chi connectivity index (χ3v) is 5.96. The van der Waals surface area contributed by atoms with Crippen molar-refractivity contribution in [3.8, 4) is 0 Å². The molecule has 0 unspecified atom stereocenters. The Labute approximate surface area is 186 Å². The summed E-state index contributed by atoms with van der Waals surface area (Å²) in [5, 5.41) is 3.25. The van der Waals surface area contributed by atoms with E-state index in [0.29, 0.717) is 10.7 Å². The van der Waals surface area contributed by atoms with Crippen molar-refractivity contribution in [1.29, 1.82) is 0 Å². The molecule has 0 aliphatic carbocycles. The van der Waals surface area contributed by atoms with Crippen LogP contribution in [0.25, 0.3) is 0 Å². The van der Waals surface area contributed by atoms with E-state index in [1.165, 1.54) is 37.9 Å². The molecule has 5 nitrogen and oxygen atoms in total. The van der Waals surface area contributed by atoms with Crippen molar-refractivity contribution in [1.82, 2.24) is 9.97 Å². The van der Waals surface area contributed by atoms with E-state index in [9.17, 15) is 26.7 Å². The highest BCUT2D eigenvalue weighted by molar-refractivity contribution is 7.98. The lowest BCUT2D eigenvalue weighted by Gasteiger charge is -2.29. The SMILES string of the molecule is CSc1cc(NC(=O)c2c(C)c(C(F)(F)F)nc(C)c2N2CCCC(F)(F)CC2)ccn1. The first kappa shape index (κ1) is 24.2. The molecule has 1 saturated heterocycles. The minimum absolute atomic E-state index is 0.0298. The minimum atomic E-state index is -4.77. The quantitative estimate of drug-likeness (QED) is 0.454. The fraction of sp³-hybridized carbons (Fsp3) is 0.476. The number of halogens is 5. The summed E-state index contributed by atoms with van der Waals surface area (Å²) in [6.45, 7) is 2.64. The van der Waals surface area contributed by atoms with Crippen LogP contribution in [0.4, 0.5) is 33.3 Å². The predicted molar refractivity (Wildman–Crippen MR) is 114 cm³/mol. The van der Waals surface area contributed by atoms with Crippen molar-refractivity contribution in [2.45, 2.75) is 50.2 Å². The summed E-state index contributed by atoms with van der Waals surface area (Å²) in [7, 11) is 0. The first-order chi connectivity index (χ1) is 14.9. The maximum atomic E-state index is 13.9. The molecule has 11 heteroatoms. The average Bonchev–Trinajstić information content (AvgIpc) is 2.88. The molecule has 1 fully saturated rings. The minimum Gasteiger partial charge on any atom is -0.369 e. The van der Waals surface area contributed by atoms with Gasteiger partial charge in [-0.1, -0.05) is 0 Å². The average molecular weight is 474 g/mol. The number of hydrogen-bond acceptors (Lipinski definition) is 5. The van der Waals surface area contributed by atoms with Crippen LogP contribution in [-0.4, -0.2) is 41.1 Å². The van der Waals surface area contributed by atoms with E-state index in [1.807, 2.05) is 0 Å². The van der Waals surface area contributed by atoms with Crippen LogP contribution in [0.5, 0.6) is 0 Å². The lowest BCUT2D eigenvalue weighted by atomic mass is 10.0. The van der Waals surface area contributed by atoms with E-state index in [1.54, 1.807) is 17.2 Å². The van der Waals surface area contributed by atoms with Crippen LogP contribution >= 0.6 is 11.8 Å². The molecule has 174 valence electrons. The second-order valence-electron chi connectivity index (χ2n) is 7.63. The second kappa shape index (κ2) is 9.21. The topological polar surface area (TPSA) is 58.1 Å². The highest BCUT2D eigenvalue weighted by Crippen LogP contribution is 2.39. The Morgan fingerprint density at radius 2 is 1.94 bits per heavy atom. The standard InChI is InChI=1S/C21H23F5N4OS/c1-12-16(19(31)29-14-5-8-27-15(11-14)32-3)17(13(2)28-18(12)21(24,25)26)30-9-4-6-20(22,23)7-10-30/h5,8,11H,4,6-7,9-10H2,1-3H3,(H,27,29,31). The predicted octanol–water partition coefficient (Wildman–Crippen LogP) is 5.71. The molecule has 3 rings (SSSR count). The zero-order chi connectivity index (χ0) is 23.7. The molecule has 0 radical (unpaired) electrons. The van der Waals surface area contributed by atoms with Gasteiger partial charge in [0.1, 0.15) is 5.69 Å². The highest BCUT2D eigenvalue weighted by atomic mass is 32.2.